The Balaban J connectivity index is 2.72. The van der Waals surface area contributed by atoms with Crippen LogP contribution in [0.4, 0.5) is 0 Å². The summed E-state index contributed by atoms with van der Waals surface area (Å²) in [6, 6.07) is 0. The van der Waals surface area contributed by atoms with Crippen molar-refractivity contribution in [2.24, 2.45) is 10.9 Å². The summed E-state index contributed by atoms with van der Waals surface area (Å²) in [5, 5.41) is 3.38. The number of hydrogen-bond donors (Lipinski definition) is 1. The van der Waals surface area contributed by atoms with E-state index in [0.717, 1.165) is 6.42 Å². The molecule has 0 saturated heterocycles. The van der Waals surface area contributed by atoms with Gasteiger partial charge in [-0.25, -0.2) is 0 Å². The molecule has 0 aromatic carbocycles. The number of rotatable bonds is 4. The van der Waals surface area contributed by atoms with E-state index in [1.54, 1.807) is 6.21 Å². The molecule has 8 heavy (non-hydrogen) atoms. The van der Waals surface area contributed by atoms with Gasteiger partial charge in [-0.1, -0.05) is 19.8 Å². The van der Waals surface area contributed by atoms with E-state index in [1.165, 1.54) is 19.3 Å². The lowest BCUT2D eigenvalue weighted by atomic mass is 10.2. The molecule has 0 saturated carbocycles. The molecule has 2 nitrogen and oxygen atoms in total. The van der Waals surface area contributed by atoms with Gasteiger partial charge >= 0.3 is 0 Å². The van der Waals surface area contributed by atoms with Crippen molar-refractivity contribution in [1.29, 1.82) is 0 Å². The molecule has 0 bridgehead atoms. The third-order valence-corrected chi connectivity index (χ3v) is 1.04. The van der Waals surface area contributed by atoms with Crippen LogP contribution in [0, 0.1) is 0 Å². The van der Waals surface area contributed by atoms with E-state index < -0.39 is 0 Å². The summed E-state index contributed by atoms with van der Waals surface area (Å²) in [5.41, 5.74) is 0. The molecule has 48 valence electrons. The second kappa shape index (κ2) is 6.47. The molecule has 2 heteroatoms. The van der Waals surface area contributed by atoms with Crippen LogP contribution in [0.2, 0.25) is 0 Å². The molecule has 0 amide bonds. The smallest absolute Gasteiger partial charge is 0.0240 e. The van der Waals surface area contributed by atoms with E-state index in [0.29, 0.717) is 0 Å². The number of unbranched alkanes of at least 4 members (excludes halogenated alkanes) is 3. The molecular formula is C6H14N2. The van der Waals surface area contributed by atoms with Crippen molar-refractivity contribution in [3.63, 3.8) is 0 Å². The Kier molecular flexibility index (Phi) is 6.04. The molecule has 0 heterocycles. The highest BCUT2D eigenvalue weighted by Crippen LogP contribution is 1.95. The molecule has 0 atom stereocenters. The Morgan fingerprint density at radius 1 is 1.50 bits per heavy atom. The van der Waals surface area contributed by atoms with Gasteiger partial charge in [-0.15, -0.1) is 0 Å². The fraction of sp³-hybridized carbons (Fsp3) is 0.833. The zero-order valence-corrected chi connectivity index (χ0v) is 5.43. The fourth-order valence-corrected chi connectivity index (χ4v) is 0.560. The number of hydrogen-bond acceptors (Lipinski definition) is 2. The molecule has 0 rings (SSSR count). The van der Waals surface area contributed by atoms with Gasteiger partial charge in [0.15, 0.2) is 0 Å². The highest BCUT2D eigenvalue weighted by Gasteiger charge is 1.79. The zero-order chi connectivity index (χ0) is 6.24. The quantitative estimate of drug-likeness (QED) is 0.256. The van der Waals surface area contributed by atoms with Gasteiger partial charge in [-0.2, -0.15) is 5.10 Å². The summed E-state index contributed by atoms with van der Waals surface area (Å²) in [6.45, 7) is 2.18. The first kappa shape index (κ1) is 7.47. The third-order valence-electron chi connectivity index (χ3n) is 1.04. The first-order valence-corrected chi connectivity index (χ1v) is 3.13. The molecule has 0 spiro atoms. The average Bonchev–Trinajstić information content (AvgIpc) is 1.81. The Bertz CT molecular complexity index is 59.5. The van der Waals surface area contributed by atoms with E-state index in [9.17, 15) is 0 Å². The predicted molar refractivity (Wildman–Crippen MR) is 36.8 cm³/mol. The molecule has 0 aliphatic rings. The molecule has 2 N–H and O–H groups in total. The van der Waals surface area contributed by atoms with Gasteiger partial charge in [0.05, 0.1) is 0 Å². The molecule has 0 radical (unpaired) electrons. The standard InChI is InChI=1S/C6H14N2/c1-2-3-4-5-6-8-7/h6H,2-5,7H2,1H3. The van der Waals surface area contributed by atoms with Gasteiger partial charge in [0.25, 0.3) is 0 Å². The Labute approximate surface area is 50.8 Å². The van der Waals surface area contributed by atoms with Gasteiger partial charge in [-0.3, -0.25) is 0 Å². The Hall–Kier alpha value is -0.530. The Morgan fingerprint density at radius 2 is 2.25 bits per heavy atom. The second-order valence-corrected chi connectivity index (χ2v) is 1.83. The summed E-state index contributed by atoms with van der Waals surface area (Å²) >= 11 is 0. The van der Waals surface area contributed by atoms with Crippen LogP contribution >= 0.6 is 0 Å². The van der Waals surface area contributed by atoms with Gasteiger partial charge in [0, 0.05) is 6.21 Å². The monoisotopic (exact) mass is 114 g/mol. The Morgan fingerprint density at radius 3 is 2.75 bits per heavy atom. The van der Waals surface area contributed by atoms with E-state index in [1.807, 2.05) is 0 Å². The van der Waals surface area contributed by atoms with Crippen molar-refractivity contribution < 1.29 is 0 Å². The van der Waals surface area contributed by atoms with Crippen LogP contribution in [0.15, 0.2) is 5.10 Å². The minimum absolute atomic E-state index is 1.03. The van der Waals surface area contributed by atoms with Crippen molar-refractivity contribution in [3.8, 4) is 0 Å². The summed E-state index contributed by atoms with van der Waals surface area (Å²) in [7, 11) is 0. The largest absolute Gasteiger partial charge is 0.324 e. The van der Waals surface area contributed by atoms with Crippen LogP contribution in [-0.4, -0.2) is 6.21 Å². The molecular weight excluding hydrogens is 100 g/mol. The molecule has 0 aliphatic carbocycles. The topological polar surface area (TPSA) is 38.4 Å². The number of hydrazone groups is 1. The van der Waals surface area contributed by atoms with Crippen LogP contribution in [0.25, 0.3) is 0 Å². The van der Waals surface area contributed by atoms with Crippen LogP contribution < -0.4 is 5.84 Å². The molecule has 0 aromatic heterocycles. The summed E-state index contributed by atoms with van der Waals surface area (Å²) in [4.78, 5) is 0. The molecule has 0 unspecified atom stereocenters. The van der Waals surface area contributed by atoms with Crippen LogP contribution in [0.3, 0.4) is 0 Å². The van der Waals surface area contributed by atoms with Crippen LogP contribution in [-0.2, 0) is 0 Å². The number of nitrogens with zero attached hydrogens (tertiary/aromatic N) is 1. The van der Waals surface area contributed by atoms with E-state index in [-0.39, 0.29) is 0 Å². The van der Waals surface area contributed by atoms with Crippen molar-refractivity contribution in [1.82, 2.24) is 0 Å². The molecule has 0 aliphatic heterocycles. The third kappa shape index (κ3) is 5.47. The lowest BCUT2D eigenvalue weighted by Crippen LogP contribution is -1.82. The second-order valence-electron chi connectivity index (χ2n) is 1.83. The fourth-order valence-electron chi connectivity index (χ4n) is 0.560. The van der Waals surface area contributed by atoms with Crippen molar-refractivity contribution in [2.45, 2.75) is 32.6 Å². The van der Waals surface area contributed by atoms with Crippen LogP contribution in [0.1, 0.15) is 32.6 Å². The molecule has 0 aromatic rings. The lowest BCUT2D eigenvalue weighted by molar-refractivity contribution is 0.745. The first-order chi connectivity index (χ1) is 3.91. The number of nitrogens with two attached hydrogens (primary N) is 1. The maximum Gasteiger partial charge on any atom is 0.0240 e. The van der Waals surface area contributed by atoms with Crippen LogP contribution in [0.5, 0.6) is 0 Å². The van der Waals surface area contributed by atoms with Crippen molar-refractivity contribution in [3.05, 3.63) is 0 Å². The van der Waals surface area contributed by atoms with Crippen molar-refractivity contribution >= 4 is 6.21 Å². The van der Waals surface area contributed by atoms with Gasteiger partial charge in [0.1, 0.15) is 0 Å². The minimum atomic E-state index is 1.03. The van der Waals surface area contributed by atoms with E-state index in [2.05, 4.69) is 12.0 Å². The maximum absolute atomic E-state index is 4.88. The normalized spacial score (nSPS) is 10.6. The predicted octanol–water partition coefficient (Wildman–Crippen LogP) is 1.51. The van der Waals surface area contributed by atoms with Crippen molar-refractivity contribution in [2.75, 3.05) is 0 Å². The summed E-state index contributed by atoms with van der Waals surface area (Å²) in [5.74, 6) is 4.88. The van der Waals surface area contributed by atoms with E-state index in [4.69, 9.17) is 5.84 Å². The van der Waals surface area contributed by atoms with Gasteiger partial charge in [0.2, 0.25) is 0 Å². The SMILES string of the molecule is CCCCCC=NN. The summed E-state index contributed by atoms with van der Waals surface area (Å²) < 4.78 is 0. The lowest BCUT2D eigenvalue weighted by Gasteiger charge is -1.88. The molecule has 0 fully saturated rings. The van der Waals surface area contributed by atoms with Gasteiger partial charge in [-0.05, 0) is 12.8 Å². The maximum atomic E-state index is 4.88. The highest BCUT2D eigenvalue weighted by atomic mass is 15.1. The van der Waals surface area contributed by atoms with E-state index >= 15 is 0 Å². The zero-order valence-electron chi connectivity index (χ0n) is 5.43. The minimum Gasteiger partial charge on any atom is -0.324 e. The average molecular weight is 114 g/mol. The van der Waals surface area contributed by atoms with Gasteiger partial charge < -0.3 is 5.84 Å². The first-order valence-electron chi connectivity index (χ1n) is 3.13. The highest BCUT2D eigenvalue weighted by molar-refractivity contribution is 5.56. The summed E-state index contributed by atoms with van der Waals surface area (Å²) in [6.07, 6.45) is 6.56.